The van der Waals surface area contributed by atoms with Crippen LogP contribution in [0, 0.1) is 5.41 Å². The molecule has 0 saturated heterocycles. The molecule has 0 atom stereocenters. The van der Waals surface area contributed by atoms with Gasteiger partial charge in [-0.25, -0.2) is 0 Å². The lowest BCUT2D eigenvalue weighted by atomic mass is 9.72. The van der Waals surface area contributed by atoms with Gasteiger partial charge in [-0.2, -0.15) is 0 Å². The Labute approximate surface area is 348 Å². The molecule has 0 fully saturated rings. The second-order valence-corrected chi connectivity index (χ2v) is 17.5. The molecule has 324 valence electrons. The molecule has 0 bridgehead atoms. The predicted molar refractivity (Wildman–Crippen MR) is 245 cm³/mol. The van der Waals surface area contributed by atoms with Gasteiger partial charge in [-0.3, -0.25) is 9.59 Å². The van der Waals surface area contributed by atoms with Crippen LogP contribution in [0.5, 0.6) is 0 Å². The van der Waals surface area contributed by atoms with Gasteiger partial charge in [-0.05, 0) is 69.9 Å². The number of carbonyl (C=O) groups is 2. The fraction of sp³-hybridized carbons (Fsp3) is 0.769. The average molecular weight is 781 g/mol. The zero-order valence-corrected chi connectivity index (χ0v) is 38.3. The van der Waals surface area contributed by atoms with Crippen LogP contribution in [-0.2, 0) is 14.3 Å². The Morgan fingerprint density at radius 2 is 1.05 bits per heavy atom. The highest BCUT2D eigenvalue weighted by atomic mass is 16.5. The molecule has 1 N–H and O–H groups in total. The SMILES string of the molecule is CCCCCCCCCCCCCCCC(=O)O.CCCCCCCCCCCCCCCC(=O)OCC=C(C)C=CC=C(C)C=CC1=C(C)CCCC1(C)C. The highest BCUT2D eigenvalue weighted by Gasteiger charge is 2.26. The van der Waals surface area contributed by atoms with Crippen molar-refractivity contribution in [1.82, 2.24) is 0 Å². The summed E-state index contributed by atoms with van der Waals surface area (Å²) in [7, 11) is 0. The van der Waals surface area contributed by atoms with E-state index in [-0.39, 0.29) is 11.4 Å². The van der Waals surface area contributed by atoms with Crippen LogP contribution in [-0.4, -0.2) is 23.7 Å². The molecule has 0 unspecified atom stereocenters. The summed E-state index contributed by atoms with van der Waals surface area (Å²) >= 11 is 0. The average Bonchev–Trinajstić information content (AvgIpc) is 3.15. The Morgan fingerprint density at radius 3 is 1.48 bits per heavy atom. The van der Waals surface area contributed by atoms with E-state index in [2.05, 4.69) is 78.8 Å². The predicted octanol–water partition coefficient (Wildman–Crippen LogP) is 17.1. The van der Waals surface area contributed by atoms with Crippen LogP contribution in [0.25, 0.3) is 0 Å². The normalized spacial score (nSPS) is 14.8. The summed E-state index contributed by atoms with van der Waals surface area (Å²) in [6.45, 7) is 16.1. The zero-order valence-electron chi connectivity index (χ0n) is 38.3. The van der Waals surface area contributed by atoms with E-state index in [4.69, 9.17) is 9.84 Å². The van der Waals surface area contributed by atoms with Crippen LogP contribution in [0.15, 0.2) is 58.7 Å². The monoisotopic (exact) mass is 781 g/mol. The van der Waals surface area contributed by atoms with Gasteiger partial charge in [0.2, 0.25) is 0 Å². The molecular formula is C52H92O4. The van der Waals surface area contributed by atoms with Crippen molar-refractivity contribution < 1.29 is 19.4 Å². The molecule has 1 aliphatic carbocycles. The second kappa shape index (κ2) is 38.2. The van der Waals surface area contributed by atoms with E-state index in [0.29, 0.717) is 19.4 Å². The van der Waals surface area contributed by atoms with Gasteiger partial charge in [-0.1, -0.05) is 229 Å². The molecule has 4 nitrogen and oxygen atoms in total. The summed E-state index contributed by atoms with van der Waals surface area (Å²) < 4.78 is 5.40. The minimum absolute atomic E-state index is 0.0720. The summed E-state index contributed by atoms with van der Waals surface area (Å²) in [4.78, 5) is 22.3. The van der Waals surface area contributed by atoms with Crippen molar-refractivity contribution in [3.63, 3.8) is 0 Å². The molecule has 0 spiro atoms. The molecule has 0 aromatic heterocycles. The first kappa shape index (κ1) is 53.6. The lowest BCUT2D eigenvalue weighted by molar-refractivity contribution is -0.142. The fourth-order valence-electron chi connectivity index (χ4n) is 7.62. The quantitative estimate of drug-likeness (QED) is 0.0401. The van der Waals surface area contributed by atoms with Crippen molar-refractivity contribution in [3.05, 3.63) is 58.7 Å². The summed E-state index contributed by atoms with van der Waals surface area (Å²) in [5, 5.41) is 8.49. The Morgan fingerprint density at radius 1 is 0.625 bits per heavy atom. The van der Waals surface area contributed by atoms with Crippen molar-refractivity contribution in [2.45, 2.75) is 248 Å². The molecule has 0 aromatic rings. The van der Waals surface area contributed by atoms with E-state index in [1.807, 2.05) is 6.08 Å². The lowest BCUT2D eigenvalue weighted by Crippen LogP contribution is -2.19. The van der Waals surface area contributed by atoms with Gasteiger partial charge in [0.05, 0.1) is 0 Å². The number of carboxylic acid groups (broad SMARTS) is 1. The van der Waals surface area contributed by atoms with Crippen molar-refractivity contribution in [2.75, 3.05) is 6.61 Å². The second-order valence-electron chi connectivity index (χ2n) is 17.5. The first-order valence-electron chi connectivity index (χ1n) is 23.8. The van der Waals surface area contributed by atoms with E-state index in [0.717, 1.165) is 31.3 Å². The molecule has 1 aliphatic rings. The van der Waals surface area contributed by atoms with E-state index in [1.54, 1.807) is 0 Å². The third kappa shape index (κ3) is 34.9. The highest BCUT2D eigenvalue weighted by molar-refractivity contribution is 5.69. The fourth-order valence-corrected chi connectivity index (χ4v) is 7.62. The number of aliphatic carboxylic acids is 1. The van der Waals surface area contributed by atoms with E-state index < -0.39 is 5.97 Å². The Hall–Kier alpha value is -2.36. The smallest absolute Gasteiger partial charge is 0.306 e. The van der Waals surface area contributed by atoms with Crippen molar-refractivity contribution >= 4 is 11.9 Å². The molecular weight excluding hydrogens is 689 g/mol. The number of hydrogen-bond donors (Lipinski definition) is 1. The standard InChI is InChI=1S/C36H60O2.C16H32O2/c1-7-8-9-10-11-12-13-14-15-16-17-18-19-25-35(37)38-30-28-32(3)23-20-22-31(2)26-27-34-33(4)24-21-29-36(34,5)6;1-2-3-4-5-6-7-8-9-10-11-12-13-14-15-16(17)18/h20,22-23,26-28H,7-19,21,24-25,29-30H2,1-6H3;2-15H2,1H3,(H,17,18). The largest absolute Gasteiger partial charge is 0.481 e. The highest BCUT2D eigenvalue weighted by Crippen LogP contribution is 2.40. The third-order valence-electron chi connectivity index (χ3n) is 11.4. The van der Waals surface area contributed by atoms with Crippen molar-refractivity contribution in [2.24, 2.45) is 5.41 Å². The number of carboxylic acids is 1. The van der Waals surface area contributed by atoms with E-state index in [9.17, 15) is 9.59 Å². The summed E-state index contributed by atoms with van der Waals surface area (Å²) in [5.74, 6) is -0.727. The van der Waals surface area contributed by atoms with Crippen molar-refractivity contribution in [1.29, 1.82) is 0 Å². The van der Waals surface area contributed by atoms with Gasteiger partial charge >= 0.3 is 11.9 Å². The minimum atomic E-state index is -0.655. The summed E-state index contributed by atoms with van der Waals surface area (Å²) in [6, 6.07) is 0. The van der Waals surface area contributed by atoms with Crippen LogP contribution in [0.3, 0.4) is 0 Å². The zero-order chi connectivity index (χ0) is 41.5. The Bertz CT molecular complexity index is 1120. The van der Waals surface area contributed by atoms with Gasteiger partial charge in [-0.15, -0.1) is 0 Å². The molecule has 56 heavy (non-hydrogen) atoms. The Kier molecular flexibility index (Phi) is 36.6. The molecule has 0 heterocycles. The van der Waals surface area contributed by atoms with Gasteiger partial charge in [0.1, 0.15) is 6.61 Å². The third-order valence-corrected chi connectivity index (χ3v) is 11.4. The topological polar surface area (TPSA) is 63.6 Å². The lowest BCUT2D eigenvalue weighted by Gasteiger charge is -2.32. The Balaban J connectivity index is 0.00000141. The minimum Gasteiger partial charge on any atom is -0.481 e. The molecule has 4 heteroatoms. The number of hydrogen-bond acceptors (Lipinski definition) is 3. The molecule has 0 saturated carbocycles. The summed E-state index contributed by atoms with van der Waals surface area (Å²) in [6.07, 6.45) is 51.5. The van der Waals surface area contributed by atoms with Gasteiger partial charge in [0.15, 0.2) is 0 Å². The maximum absolute atomic E-state index is 12.0. The molecule has 0 aromatic carbocycles. The van der Waals surface area contributed by atoms with Crippen molar-refractivity contribution in [3.8, 4) is 0 Å². The first-order chi connectivity index (χ1) is 27.0. The van der Waals surface area contributed by atoms with E-state index in [1.165, 1.54) is 177 Å². The number of esters is 1. The number of unbranched alkanes of at least 4 members (excludes halogenated alkanes) is 24. The number of ether oxygens (including phenoxy) is 1. The molecule has 0 aliphatic heterocycles. The van der Waals surface area contributed by atoms with Gasteiger partial charge in [0.25, 0.3) is 0 Å². The molecule has 0 radical (unpaired) electrons. The van der Waals surface area contributed by atoms with Gasteiger partial charge < -0.3 is 9.84 Å². The van der Waals surface area contributed by atoms with Crippen LogP contribution >= 0.6 is 0 Å². The number of carbonyl (C=O) groups excluding carboxylic acids is 1. The maximum atomic E-state index is 12.0. The molecule has 1 rings (SSSR count). The number of rotatable bonds is 34. The van der Waals surface area contributed by atoms with Crippen LogP contribution in [0.2, 0.25) is 0 Å². The van der Waals surface area contributed by atoms with E-state index >= 15 is 0 Å². The first-order valence-corrected chi connectivity index (χ1v) is 23.8. The number of allylic oxidation sites excluding steroid dienone is 9. The van der Waals surface area contributed by atoms with Crippen LogP contribution in [0.1, 0.15) is 248 Å². The maximum Gasteiger partial charge on any atom is 0.306 e. The summed E-state index contributed by atoms with van der Waals surface area (Å²) in [5.41, 5.74) is 5.65. The van der Waals surface area contributed by atoms with Crippen LogP contribution < -0.4 is 0 Å². The molecule has 0 amide bonds. The van der Waals surface area contributed by atoms with Gasteiger partial charge in [0, 0.05) is 12.8 Å². The van der Waals surface area contributed by atoms with Crippen LogP contribution in [0.4, 0.5) is 0 Å².